The standard InChI is InChI=1S/C11H15NO2/c1-12(2)8-5-7-3-4-10(13)11(14)9(7)6-8/h3-4,8,13-14H,5-6H2,1-2H3. The molecule has 0 saturated carbocycles. The van der Waals surface area contributed by atoms with E-state index in [0.29, 0.717) is 6.04 Å². The molecule has 2 N–H and O–H groups in total. The van der Waals surface area contributed by atoms with Crippen molar-refractivity contribution >= 4 is 0 Å². The lowest BCUT2D eigenvalue weighted by molar-refractivity contribution is 0.302. The minimum atomic E-state index is -0.0110. The van der Waals surface area contributed by atoms with E-state index in [2.05, 4.69) is 4.90 Å². The summed E-state index contributed by atoms with van der Waals surface area (Å²) in [5, 5.41) is 19.0. The molecule has 14 heavy (non-hydrogen) atoms. The number of phenolic OH excluding ortho intramolecular Hbond substituents is 2. The molecule has 1 aliphatic carbocycles. The molecule has 1 atom stereocenters. The van der Waals surface area contributed by atoms with Gasteiger partial charge in [-0.25, -0.2) is 0 Å². The number of hydrogen-bond donors (Lipinski definition) is 2. The second kappa shape index (κ2) is 3.17. The predicted octanol–water partition coefficient (Wildman–Crippen LogP) is 1.13. The van der Waals surface area contributed by atoms with Crippen molar-refractivity contribution in [3.05, 3.63) is 23.3 Å². The van der Waals surface area contributed by atoms with E-state index in [1.165, 1.54) is 0 Å². The van der Waals surface area contributed by atoms with Gasteiger partial charge in [-0.15, -0.1) is 0 Å². The molecule has 1 unspecified atom stereocenters. The number of fused-ring (bicyclic) bond motifs is 1. The largest absolute Gasteiger partial charge is 0.504 e. The van der Waals surface area contributed by atoms with Crippen molar-refractivity contribution < 1.29 is 10.2 Å². The van der Waals surface area contributed by atoms with E-state index >= 15 is 0 Å². The van der Waals surface area contributed by atoms with Crippen molar-refractivity contribution in [2.45, 2.75) is 18.9 Å². The van der Waals surface area contributed by atoms with E-state index in [-0.39, 0.29) is 11.5 Å². The average Bonchev–Trinajstić information content (AvgIpc) is 2.56. The van der Waals surface area contributed by atoms with E-state index in [4.69, 9.17) is 0 Å². The molecule has 1 aromatic rings. The number of nitrogens with zero attached hydrogens (tertiary/aromatic N) is 1. The third-order valence-electron chi connectivity index (χ3n) is 2.98. The molecule has 0 fully saturated rings. The molecule has 0 aliphatic heterocycles. The minimum absolute atomic E-state index is 0.0110. The first-order chi connectivity index (χ1) is 6.59. The first-order valence-corrected chi connectivity index (χ1v) is 4.78. The zero-order valence-corrected chi connectivity index (χ0v) is 8.49. The second-order valence-corrected chi connectivity index (χ2v) is 4.10. The summed E-state index contributed by atoms with van der Waals surface area (Å²) >= 11 is 0. The zero-order chi connectivity index (χ0) is 10.3. The van der Waals surface area contributed by atoms with Gasteiger partial charge in [0.2, 0.25) is 0 Å². The van der Waals surface area contributed by atoms with E-state index < -0.39 is 0 Å². The van der Waals surface area contributed by atoms with Crippen LogP contribution in [0.3, 0.4) is 0 Å². The van der Waals surface area contributed by atoms with Crippen LogP contribution < -0.4 is 0 Å². The van der Waals surface area contributed by atoms with Crippen LogP contribution in [0.25, 0.3) is 0 Å². The number of benzene rings is 1. The lowest BCUT2D eigenvalue weighted by atomic mass is 10.1. The molecule has 0 amide bonds. The van der Waals surface area contributed by atoms with Gasteiger partial charge in [-0.2, -0.15) is 0 Å². The van der Waals surface area contributed by atoms with Crippen LogP contribution in [0.15, 0.2) is 12.1 Å². The average molecular weight is 193 g/mol. The molecule has 0 aromatic heterocycles. The molecule has 3 nitrogen and oxygen atoms in total. The summed E-state index contributed by atoms with van der Waals surface area (Å²) in [6.07, 6.45) is 1.78. The number of phenols is 2. The maximum atomic E-state index is 9.65. The molecule has 3 heteroatoms. The summed E-state index contributed by atoms with van der Waals surface area (Å²) in [6.45, 7) is 0. The van der Waals surface area contributed by atoms with Crippen LogP contribution in [0, 0.1) is 0 Å². The zero-order valence-electron chi connectivity index (χ0n) is 8.49. The van der Waals surface area contributed by atoms with Crippen LogP contribution in [0.2, 0.25) is 0 Å². The first kappa shape index (κ1) is 9.34. The van der Waals surface area contributed by atoms with E-state index in [9.17, 15) is 10.2 Å². The number of likely N-dealkylation sites (N-methyl/N-ethyl adjacent to an activating group) is 1. The Balaban J connectivity index is 2.36. The smallest absolute Gasteiger partial charge is 0.161 e. The summed E-state index contributed by atoms with van der Waals surface area (Å²) in [5.41, 5.74) is 2.06. The van der Waals surface area contributed by atoms with Crippen LogP contribution in [-0.2, 0) is 12.8 Å². The van der Waals surface area contributed by atoms with Crippen molar-refractivity contribution in [2.75, 3.05) is 14.1 Å². The van der Waals surface area contributed by atoms with Crippen molar-refractivity contribution in [3.63, 3.8) is 0 Å². The summed E-state index contributed by atoms with van der Waals surface area (Å²) in [6, 6.07) is 3.90. The van der Waals surface area contributed by atoms with Gasteiger partial charge in [0.25, 0.3) is 0 Å². The molecule has 0 radical (unpaired) electrons. The molecule has 0 heterocycles. The van der Waals surface area contributed by atoms with Gasteiger partial charge in [-0.1, -0.05) is 6.07 Å². The van der Waals surface area contributed by atoms with Crippen LogP contribution in [0.5, 0.6) is 11.5 Å². The second-order valence-electron chi connectivity index (χ2n) is 4.10. The maximum Gasteiger partial charge on any atom is 0.161 e. The lowest BCUT2D eigenvalue weighted by Crippen LogP contribution is -2.27. The normalized spacial score (nSPS) is 20.1. The van der Waals surface area contributed by atoms with Crippen LogP contribution in [0.4, 0.5) is 0 Å². The van der Waals surface area contributed by atoms with Gasteiger partial charge in [-0.3, -0.25) is 0 Å². The third kappa shape index (κ3) is 1.34. The van der Waals surface area contributed by atoms with Gasteiger partial charge in [0.05, 0.1) is 0 Å². The molecule has 76 valence electrons. The van der Waals surface area contributed by atoms with E-state index in [1.807, 2.05) is 20.2 Å². The molecular weight excluding hydrogens is 178 g/mol. The Hall–Kier alpha value is -1.22. The molecule has 0 saturated heterocycles. The van der Waals surface area contributed by atoms with Gasteiger partial charge < -0.3 is 15.1 Å². The number of aromatic hydroxyl groups is 2. The Morgan fingerprint density at radius 2 is 1.93 bits per heavy atom. The maximum absolute atomic E-state index is 9.65. The molecule has 1 aromatic carbocycles. The third-order valence-corrected chi connectivity index (χ3v) is 2.98. The fourth-order valence-corrected chi connectivity index (χ4v) is 2.01. The topological polar surface area (TPSA) is 43.7 Å². The monoisotopic (exact) mass is 193 g/mol. The van der Waals surface area contributed by atoms with Crippen molar-refractivity contribution in [2.24, 2.45) is 0 Å². The van der Waals surface area contributed by atoms with E-state index in [1.54, 1.807) is 6.07 Å². The Bertz CT molecular complexity index is 361. The highest BCUT2D eigenvalue weighted by atomic mass is 16.3. The van der Waals surface area contributed by atoms with E-state index in [0.717, 1.165) is 24.0 Å². The molecule has 0 spiro atoms. The highest BCUT2D eigenvalue weighted by Crippen LogP contribution is 2.37. The summed E-state index contributed by atoms with van der Waals surface area (Å²) in [7, 11) is 4.07. The van der Waals surface area contributed by atoms with Gasteiger partial charge in [0.15, 0.2) is 11.5 Å². The number of rotatable bonds is 1. The molecule has 2 rings (SSSR count). The SMILES string of the molecule is CN(C)C1Cc2ccc(O)c(O)c2C1. The molecule has 1 aliphatic rings. The lowest BCUT2D eigenvalue weighted by Gasteiger charge is -2.17. The van der Waals surface area contributed by atoms with Crippen LogP contribution in [0.1, 0.15) is 11.1 Å². The number of hydrogen-bond acceptors (Lipinski definition) is 3. The Kier molecular flexibility index (Phi) is 2.11. The van der Waals surface area contributed by atoms with Gasteiger partial charge >= 0.3 is 0 Å². The molecular formula is C11H15NO2. The summed E-state index contributed by atoms with van der Waals surface area (Å²) in [5.74, 6) is 0.0509. The fourth-order valence-electron chi connectivity index (χ4n) is 2.01. The highest BCUT2D eigenvalue weighted by molar-refractivity contribution is 5.51. The predicted molar refractivity (Wildman–Crippen MR) is 54.7 cm³/mol. The van der Waals surface area contributed by atoms with Crippen molar-refractivity contribution in [1.82, 2.24) is 4.90 Å². The first-order valence-electron chi connectivity index (χ1n) is 4.78. The Morgan fingerprint density at radius 1 is 1.21 bits per heavy atom. The molecule has 0 bridgehead atoms. The summed E-state index contributed by atoms with van der Waals surface area (Å²) in [4.78, 5) is 2.15. The van der Waals surface area contributed by atoms with Crippen LogP contribution in [-0.4, -0.2) is 35.3 Å². The quantitative estimate of drug-likeness (QED) is 0.657. The van der Waals surface area contributed by atoms with Crippen LogP contribution >= 0.6 is 0 Å². The minimum Gasteiger partial charge on any atom is -0.504 e. The highest BCUT2D eigenvalue weighted by Gasteiger charge is 2.26. The van der Waals surface area contributed by atoms with Crippen molar-refractivity contribution in [1.29, 1.82) is 0 Å². The fraction of sp³-hybridized carbons (Fsp3) is 0.455. The Labute approximate surface area is 83.6 Å². The van der Waals surface area contributed by atoms with Gasteiger partial charge in [-0.05, 0) is 38.6 Å². The van der Waals surface area contributed by atoms with Gasteiger partial charge in [0.1, 0.15) is 0 Å². The van der Waals surface area contributed by atoms with Gasteiger partial charge in [0, 0.05) is 11.6 Å². The van der Waals surface area contributed by atoms with Crippen molar-refractivity contribution in [3.8, 4) is 11.5 Å². The Morgan fingerprint density at radius 3 is 2.57 bits per heavy atom. The summed E-state index contributed by atoms with van der Waals surface area (Å²) < 4.78 is 0.